The molecule has 0 aliphatic rings. The third kappa shape index (κ3) is 4.12. The summed E-state index contributed by atoms with van der Waals surface area (Å²) in [5.41, 5.74) is -0.786. The summed E-state index contributed by atoms with van der Waals surface area (Å²) in [5, 5.41) is 0.254. The molecule has 9 heteroatoms. The first-order valence-electron chi connectivity index (χ1n) is 8.62. The number of rotatable bonds is 5. The summed E-state index contributed by atoms with van der Waals surface area (Å²) in [5.74, 6) is -1.97. The first-order chi connectivity index (χ1) is 13.6. The van der Waals surface area contributed by atoms with E-state index in [-0.39, 0.29) is 34.6 Å². The molecule has 29 heavy (non-hydrogen) atoms. The highest BCUT2D eigenvalue weighted by molar-refractivity contribution is 6.16. The van der Waals surface area contributed by atoms with E-state index in [9.17, 15) is 22.8 Å². The fourth-order valence-corrected chi connectivity index (χ4v) is 3.05. The number of halogens is 4. The Kier molecular flexibility index (Phi) is 5.66. The number of Topliss-reactive ketones (excluding diaryl/α,β-unsaturated/α-hetero) is 1. The molecule has 0 N–H and O–H groups in total. The zero-order valence-electron chi connectivity index (χ0n) is 15.5. The van der Waals surface area contributed by atoms with Crippen LogP contribution in [0.15, 0.2) is 47.3 Å². The van der Waals surface area contributed by atoms with Crippen LogP contribution in [-0.2, 0) is 5.88 Å². The Bertz CT molecular complexity index is 1140. The summed E-state index contributed by atoms with van der Waals surface area (Å²) in [4.78, 5) is 29.2. The van der Waals surface area contributed by atoms with Crippen molar-refractivity contribution in [2.45, 2.75) is 32.0 Å². The van der Waals surface area contributed by atoms with Gasteiger partial charge in [0.25, 0.3) is 11.3 Å². The second-order valence-electron chi connectivity index (χ2n) is 6.50. The third-order valence-corrected chi connectivity index (χ3v) is 4.29. The molecule has 3 aromatic rings. The van der Waals surface area contributed by atoms with Crippen molar-refractivity contribution in [1.82, 2.24) is 9.55 Å². The number of ether oxygens (including phenoxy) is 1. The second kappa shape index (κ2) is 7.87. The molecule has 0 spiro atoms. The van der Waals surface area contributed by atoms with Crippen LogP contribution in [0.25, 0.3) is 16.6 Å². The van der Waals surface area contributed by atoms with E-state index in [0.717, 1.165) is 16.7 Å². The van der Waals surface area contributed by atoms with E-state index in [2.05, 4.69) is 4.98 Å². The molecule has 2 aromatic carbocycles. The number of benzene rings is 2. The summed E-state index contributed by atoms with van der Waals surface area (Å²) in [6.07, 6.45) is -5.39. The van der Waals surface area contributed by atoms with Crippen LogP contribution in [0.4, 0.5) is 13.2 Å². The number of carbonyl (C=O) groups excluding carboxylic acids is 1. The predicted octanol–water partition coefficient (Wildman–Crippen LogP) is 4.66. The zero-order valence-corrected chi connectivity index (χ0v) is 16.2. The van der Waals surface area contributed by atoms with Gasteiger partial charge in [-0.15, -0.1) is 11.6 Å². The van der Waals surface area contributed by atoms with E-state index in [1.807, 2.05) is 0 Å². The predicted molar refractivity (Wildman–Crippen MR) is 103 cm³/mol. The lowest BCUT2D eigenvalue weighted by molar-refractivity contribution is -0.0885. The Labute approximate surface area is 168 Å². The lowest BCUT2D eigenvalue weighted by Crippen LogP contribution is -2.26. The van der Waals surface area contributed by atoms with E-state index in [4.69, 9.17) is 16.3 Å². The summed E-state index contributed by atoms with van der Waals surface area (Å²) >= 11 is 5.98. The van der Waals surface area contributed by atoms with Gasteiger partial charge in [-0.2, -0.15) is 13.2 Å². The van der Waals surface area contributed by atoms with Crippen molar-refractivity contribution in [2.75, 3.05) is 0 Å². The summed E-state index contributed by atoms with van der Waals surface area (Å²) in [6, 6.07) is 9.74. The molecule has 3 rings (SSSR count). The normalized spacial score (nSPS) is 11.8. The number of hydrogen-bond acceptors (Lipinski definition) is 4. The third-order valence-electron chi connectivity index (χ3n) is 4.05. The Morgan fingerprint density at radius 2 is 1.90 bits per heavy atom. The first-order valence-corrected chi connectivity index (χ1v) is 9.16. The molecule has 0 fully saturated rings. The van der Waals surface area contributed by atoms with Crippen molar-refractivity contribution < 1.29 is 22.7 Å². The van der Waals surface area contributed by atoms with Gasteiger partial charge in [0.15, 0.2) is 0 Å². The number of hydrogen-bond donors (Lipinski definition) is 0. The minimum Gasteiger partial charge on any atom is -0.489 e. The fraction of sp³-hybridized carbons (Fsp3) is 0.250. The lowest BCUT2D eigenvalue weighted by atomic mass is 10.1. The van der Waals surface area contributed by atoms with Gasteiger partial charge in [0.05, 0.1) is 28.6 Å². The van der Waals surface area contributed by atoms with Gasteiger partial charge in [0, 0.05) is 5.56 Å². The molecule has 0 saturated carbocycles. The monoisotopic (exact) mass is 424 g/mol. The van der Waals surface area contributed by atoms with E-state index in [1.165, 1.54) is 6.07 Å². The average molecular weight is 425 g/mol. The molecule has 0 saturated heterocycles. The molecule has 0 atom stereocenters. The number of carbonyl (C=O) groups is 1. The van der Waals surface area contributed by atoms with Gasteiger partial charge in [0.1, 0.15) is 11.6 Å². The van der Waals surface area contributed by atoms with E-state index in [0.29, 0.717) is 5.52 Å². The van der Waals surface area contributed by atoms with Gasteiger partial charge < -0.3 is 4.74 Å². The van der Waals surface area contributed by atoms with Crippen molar-refractivity contribution in [1.29, 1.82) is 0 Å². The quantitative estimate of drug-likeness (QED) is 0.441. The molecule has 1 heterocycles. The number of nitrogens with zero attached hydrogens (tertiary/aromatic N) is 2. The largest absolute Gasteiger partial charge is 0.489 e. The minimum atomic E-state index is -5.06. The number of aromatic nitrogens is 2. The maximum atomic E-state index is 13.1. The molecule has 0 bridgehead atoms. The summed E-state index contributed by atoms with van der Waals surface area (Å²) < 4.78 is 45.5. The molecule has 1 aromatic heterocycles. The molecule has 0 aliphatic carbocycles. The summed E-state index contributed by atoms with van der Waals surface area (Å²) in [6.45, 7) is 3.45. The molecule has 0 amide bonds. The van der Waals surface area contributed by atoms with E-state index in [1.54, 1.807) is 38.1 Å². The van der Waals surface area contributed by atoms with Gasteiger partial charge in [-0.25, -0.2) is 4.98 Å². The van der Waals surface area contributed by atoms with Crippen LogP contribution in [0.5, 0.6) is 5.75 Å². The van der Waals surface area contributed by atoms with Crippen molar-refractivity contribution >= 4 is 28.3 Å². The smallest absolute Gasteiger partial charge is 0.454 e. The maximum absolute atomic E-state index is 13.1. The van der Waals surface area contributed by atoms with Crippen LogP contribution in [0.3, 0.4) is 0 Å². The number of fused-ring (bicyclic) bond motifs is 1. The highest BCUT2D eigenvalue weighted by Gasteiger charge is 2.39. The zero-order chi connectivity index (χ0) is 21.3. The average Bonchev–Trinajstić information content (AvgIpc) is 2.67. The topological polar surface area (TPSA) is 61.2 Å². The van der Waals surface area contributed by atoms with Crippen molar-refractivity contribution in [3.8, 4) is 11.4 Å². The summed E-state index contributed by atoms with van der Waals surface area (Å²) in [7, 11) is 0. The van der Waals surface area contributed by atoms with Gasteiger partial charge in [0.2, 0.25) is 0 Å². The lowest BCUT2D eigenvalue weighted by Gasteiger charge is -2.19. The van der Waals surface area contributed by atoms with Crippen LogP contribution in [0, 0.1) is 0 Å². The van der Waals surface area contributed by atoms with Crippen LogP contribution < -0.4 is 10.3 Å². The number of ketones is 1. The van der Waals surface area contributed by atoms with E-state index >= 15 is 0 Å². The van der Waals surface area contributed by atoms with Gasteiger partial charge in [-0.3, -0.25) is 14.2 Å². The van der Waals surface area contributed by atoms with Crippen LogP contribution in [0.1, 0.15) is 30.0 Å². The van der Waals surface area contributed by atoms with E-state index < -0.39 is 23.1 Å². The molecular formula is C20H16ClF3N2O3. The number of alkyl halides is 4. The Morgan fingerprint density at radius 3 is 2.52 bits per heavy atom. The van der Waals surface area contributed by atoms with Crippen molar-refractivity contribution in [2.24, 2.45) is 0 Å². The highest BCUT2D eigenvalue weighted by Crippen LogP contribution is 2.29. The molecule has 152 valence electrons. The Morgan fingerprint density at radius 1 is 1.21 bits per heavy atom. The highest BCUT2D eigenvalue weighted by atomic mass is 35.5. The van der Waals surface area contributed by atoms with Crippen molar-refractivity contribution in [3.05, 3.63) is 64.2 Å². The van der Waals surface area contributed by atoms with Gasteiger partial charge in [-0.1, -0.05) is 12.1 Å². The second-order valence-corrected chi connectivity index (χ2v) is 6.76. The van der Waals surface area contributed by atoms with Gasteiger partial charge in [-0.05, 0) is 44.2 Å². The maximum Gasteiger partial charge on any atom is 0.454 e. The SMILES string of the molecule is CC(C)Oc1ccc(C(=O)C(F)(F)F)cc1-n1c(CCl)nc2ccccc2c1=O. The first kappa shape index (κ1) is 20.9. The minimum absolute atomic E-state index is 0.0345. The molecule has 0 radical (unpaired) electrons. The molecule has 0 unspecified atom stereocenters. The van der Waals surface area contributed by atoms with Crippen molar-refractivity contribution in [3.63, 3.8) is 0 Å². The van der Waals surface area contributed by atoms with Gasteiger partial charge >= 0.3 is 6.18 Å². The Balaban J connectivity index is 2.35. The standard InChI is InChI=1S/C20H16ClF3N2O3/c1-11(2)29-16-8-7-12(18(27)20(22,23)24)9-15(16)26-17(10-21)25-14-6-4-3-5-13(14)19(26)28/h3-9,11H,10H2,1-2H3. The number of para-hydroxylation sites is 1. The molecule has 0 aliphatic heterocycles. The van der Waals surface area contributed by atoms with Crippen LogP contribution >= 0.6 is 11.6 Å². The molecular weight excluding hydrogens is 409 g/mol. The Hall–Kier alpha value is -2.87. The van der Waals surface area contributed by atoms with Crippen LogP contribution in [0.2, 0.25) is 0 Å². The molecule has 5 nitrogen and oxygen atoms in total. The van der Waals surface area contributed by atoms with Crippen LogP contribution in [-0.4, -0.2) is 27.6 Å². The fourth-order valence-electron chi connectivity index (χ4n) is 2.87.